The summed E-state index contributed by atoms with van der Waals surface area (Å²) < 4.78 is 36.9. The van der Waals surface area contributed by atoms with E-state index in [9.17, 15) is 18.0 Å². The molecule has 126 valence electrons. The van der Waals surface area contributed by atoms with Crippen molar-refractivity contribution in [3.05, 3.63) is 29.3 Å². The number of hydrogen-bond donors (Lipinski definition) is 0. The Kier molecular flexibility index (Phi) is 4.62. The Morgan fingerprint density at radius 2 is 1.87 bits per heavy atom. The minimum atomic E-state index is -4.28. The summed E-state index contributed by atoms with van der Waals surface area (Å²) in [5.41, 5.74) is 3.13. The SMILES string of the molecule is O=C(CCC(F)(F)F)N1CCc2c(CN3CCCC3)cccc21. The zero-order chi connectivity index (χ0) is 16.4. The van der Waals surface area contributed by atoms with Gasteiger partial charge in [0.2, 0.25) is 5.91 Å². The Morgan fingerprint density at radius 3 is 2.57 bits per heavy atom. The second-order valence-corrected chi connectivity index (χ2v) is 6.31. The van der Waals surface area contributed by atoms with E-state index < -0.39 is 24.9 Å². The highest BCUT2D eigenvalue weighted by molar-refractivity contribution is 5.95. The van der Waals surface area contributed by atoms with Gasteiger partial charge < -0.3 is 4.90 Å². The molecule has 2 aliphatic rings. The van der Waals surface area contributed by atoms with Gasteiger partial charge in [0, 0.05) is 25.2 Å². The maximum absolute atomic E-state index is 12.3. The molecule has 0 aromatic heterocycles. The van der Waals surface area contributed by atoms with Crippen molar-refractivity contribution >= 4 is 11.6 Å². The average Bonchev–Trinajstić information content (AvgIpc) is 3.13. The Bertz CT molecular complexity index is 580. The van der Waals surface area contributed by atoms with Crippen LogP contribution in [0.2, 0.25) is 0 Å². The van der Waals surface area contributed by atoms with Crippen LogP contribution in [0.1, 0.15) is 36.8 Å². The van der Waals surface area contributed by atoms with Crippen LogP contribution in [0.15, 0.2) is 18.2 Å². The molecule has 1 aromatic rings. The molecular weight excluding hydrogens is 305 g/mol. The van der Waals surface area contributed by atoms with Gasteiger partial charge in [0.05, 0.1) is 6.42 Å². The highest BCUT2D eigenvalue weighted by Crippen LogP contribution is 2.33. The summed E-state index contributed by atoms with van der Waals surface area (Å²) in [5.74, 6) is -0.431. The molecule has 0 radical (unpaired) electrons. The van der Waals surface area contributed by atoms with Crippen molar-refractivity contribution < 1.29 is 18.0 Å². The van der Waals surface area contributed by atoms with Crippen LogP contribution in [0, 0.1) is 0 Å². The van der Waals surface area contributed by atoms with Crippen molar-refractivity contribution in [2.75, 3.05) is 24.5 Å². The van der Waals surface area contributed by atoms with Crippen molar-refractivity contribution in [1.82, 2.24) is 4.90 Å². The number of likely N-dealkylation sites (tertiary alicyclic amines) is 1. The summed E-state index contributed by atoms with van der Waals surface area (Å²) in [4.78, 5) is 16.0. The van der Waals surface area contributed by atoms with Crippen LogP contribution in [0.5, 0.6) is 0 Å². The van der Waals surface area contributed by atoms with Crippen LogP contribution in [0.25, 0.3) is 0 Å². The molecule has 0 saturated carbocycles. The summed E-state index contributed by atoms with van der Waals surface area (Å²) in [6.07, 6.45) is -2.63. The highest BCUT2D eigenvalue weighted by atomic mass is 19.4. The maximum atomic E-state index is 12.3. The molecule has 2 heterocycles. The fourth-order valence-corrected chi connectivity index (χ4v) is 3.48. The smallest absolute Gasteiger partial charge is 0.312 e. The standard InChI is InChI=1S/C17H21F3N2O/c18-17(19,20)8-6-16(23)22-11-7-14-13(4-3-5-15(14)22)12-21-9-1-2-10-21/h3-5H,1-2,6-12H2. The van der Waals surface area contributed by atoms with Gasteiger partial charge >= 0.3 is 6.18 Å². The Morgan fingerprint density at radius 1 is 1.13 bits per heavy atom. The topological polar surface area (TPSA) is 23.6 Å². The molecule has 0 bridgehead atoms. The quantitative estimate of drug-likeness (QED) is 0.845. The molecule has 6 heteroatoms. The molecule has 1 aromatic carbocycles. The van der Waals surface area contributed by atoms with Crippen LogP contribution >= 0.6 is 0 Å². The van der Waals surface area contributed by atoms with E-state index in [1.165, 1.54) is 23.3 Å². The van der Waals surface area contributed by atoms with Crippen LogP contribution in [-0.2, 0) is 17.8 Å². The lowest BCUT2D eigenvalue weighted by atomic mass is 10.0. The number of hydrogen-bond acceptors (Lipinski definition) is 2. The van der Waals surface area contributed by atoms with Crippen molar-refractivity contribution in [2.45, 2.75) is 44.8 Å². The third kappa shape index (κ3) is 3.86. The molecule has 1 fully saturated rings. The lowest BCUT2D eigenvalue weighted by molar-refractivity contribution is -0.143. The molecule has 0 unspecified atom stereocenters. The second kappa shape index (κ2) is 6.51. The fraction of sp³-hybridized carbons (Fsp3) is 0.588. The number of alkyl halides is 3. The van der Waals surface area contributed by atoms with Gasteiger partial charge in [-0.15, -0.1) is 0 Å². The van der Waals surface area contributed by atoms with Gasteiger partial charge in [-0.05, 0) is 49.5 Å². The lowest BCUT2D eigenvalue weighted by Gasteiger charge is -2.20. The number of anilines is 1. The largest absolute Gasteiger partial charge is 0.389 e. The number of nitrogens with zero attached hydrogens (tertiary/aromatic N) is 2. The average molecular weight is 326 g/mol. The first-order valence-corrected chi connectivity index (χ1v) is 8.14. The fourth-order valence-electron chi connectivity index (χ4n) is 3.48. The zero-order valence-corrected chi connectivity index (χ0v) is 13.0. The molecule has 2 aliphatic heterocycles. The van der Waals surface area contributed by atoms with Gasteiger partial charge in [-0.2, -0.15) is 13.2 Å². The molecule has 1 amide bonds. The summed E-state index contributed by atoms with van der Waals surface area (Å²) in [6.45, 7) is 3.55. The number of benzene rings is 1. The Balaban J connectivity index is 1.71. The number of amides is 1. The Labute approximate surface area is 134 Å². The number of carbonyl (C=O) groups is 1. The first-order valence-electron chi connectivity index (χ1n) is 8.14. The first-order chi connectivity index (χ1) is 10.9. The van der Waals surface area contributed by atoms with Crippen molar-refractivity contribution in [3.63, 3.8) is 0 Å². The lowest BCUT2D eigenvalue weighted by Crippen LogP contribution is -2.29. The third-order valence-electron chi connectivity index (χ3n) is 4.64. The monoisotopic (exact) mass is 326 g/mol. The molecule has 1 saturated heterocycles. The highest BCUT2D eigenvalue weighted by Gasteiger charge is 2.32. The maximum Gasteiger partial charge on any atom is 0.389 e. The number of fused-ring (bicyclic) bond motifs is 1. The summed E-state index contributed by atoms with van der Waals surface area (Å²) in [5, 5.41) is 0. The van der Waals surface area contributed by atoms with Crippen molar-refractivity contribution in [2.24, 2.45) is 0 Å². The van der Waals surface area contributed by atoms with E-state index in [1.54, 1.807) is 0 Å². The second-order valence-electron chi connectivity index (χ2n) is 6.31. The van der Waals surface area contributed by atoms with E-state index in [0.717, 1.165) is 37.3 Å². The molecule has 0 atom stereocenters. The van der Waals surface area contributed by atoms with Gasteiger partial charge in [-0.1, -0.05) is 12.1 Å². The van der Waals surface area contributed by atoms with Crippen LogP contribution in [-0.4, -0.2) is 36.6 Å². The normalized spacial score (nSPS) is 18.5. The van der Waals surface area contributed by atoms with E-state index in [1.807, 2.05) is 12.1 Å². The Hall–Kier alpha value is -1.56. The van der Waals surface area contributed by atoms with E-state index in [4.69, 9.17) is 0 Å². The number of rotatable bonds is 4. The van der Waals surface area contributed by atoms with Gasteiger partial charge in [0.15, 0.2) is 0 Å². The summed E-state index contributed by atoms with van der Waals surface area (Å²) >= 11 is 0. The van der Waals surface area contributed by atoms with Crippen LogP contribution in [0.3, 0.4) is 0 Å². The van der Waals surface area contributed by atoms with E-state index in [2.05, 4.69) is 11.0 Å². The summed E-state index contributed by atoms with van der Waals surface area (Å²) in [6, 6.07) is 5.82. The van der Waals surface area contributed by atoms with Crippen molar-refractivity contribution in [1.29, 1.82) is 0 Å². The molecule has 0 N–H and O–H groups in total. The molecular formula is C17H21F3N2O. The van der Waals surface area contributed by atoms with Gasteiger partial charge in [0.25, 0.3) is 0 Å². The third-order valence-corrected chi connectivity index (χ3v) is 4.64. The predicted molar refractivity (Wildman–Crippen MR) is 82.3 cm³/mol. The summed E-state index contributed by atoms with van der Waals surface area (Å²) in [7, 11) is 0. The first kappa shape index (κ1) is 16.3. The van der Waals surface area contributed by atoms with Crippen LogP contribution < -0.4 is 4.90 Å². The zero-order valence-electron chi connectivity index (χ0n) is 13.0. The minimum Gasteiger partial charge on any atom is -0.312 e. The van der Waals surface area contributed by atoms with E-state index in [-0.39, 0.29) is 0 Å². The molecule has 3 rings (SSSR count). The van der Waals surface area contributed by atoms with Gasteiger partial charge in [0.1, 0.15) is 0 Å². The van der Waals surface area contributed by atoms with Gasteiger partial charge in [-0.3, -0.25) is 9.69 Å². The number of carbonyl (C=O) groups excluding carboxylic acids is 1. The predicted octanol–water partition coefficient (Wildman–Crippen LogP) is 3.51. The van der Waals surface area contributed by atoms with Crippen molar-refractivity contribution in [3.8, 4) is 0 Å². The van der Waals surface area contributed by atoms with E-state index >= 15 is 0 Å². The molecule has 0 spiro atoms. The minimum absolute atomic E-state index is 0.431. The number of halogens is 3. The van der Waals surface area contributed by atoms with Gasteiger partial charge in [-0.25, -0.2) is 0 Å². The molecule has 0 aliphatic carbocycles. The molecule has 23 heavy (non-hydrogen) atoms. The van der Waals surface area contributed by atoms with Crippen LogP contribution in [0.4, 0.5) is 18.9 Å². The van der Waals surface area contributed by atoms with E-state index in [0.29, 0.717) is 6.54 Å². The molecule has 3 nitrogen and oxygen atoms in total.